The first-order valence-corrected chi connectivity index (χ1v) is 11.3. The Kier molecular flexibility index (Phi) is 5.88. The number of hydrogen-bond donors (Lipinski definition) is 1. The van der Waals surface area contributed by atoms with Crippen molar-refractivity contribution in [3.05, 3.63) is 130 Å². The quantitative estimate of drug-likeness (QED) is 0.175. The maximum atomic E-state index is 13.6. The maximum Gasteiger partial charge on any atom is 0.311 e. The number of ketones is 1. The van der Waals surface area contributed by atoms with Crippen molar-refractivity contribution in [3.63, 3.8) is 0 Å². The van der Waals surface area contributed by atoms with E-state index in [1.165, 1.54) is 6.07 Å². The lowest BCUT2D eigenvalue weighted by Crippen LogP contribution is -2.06. The molecular weight excluding hydrogens is 454 g/mol. The highest BCUT2D eigenvalue weighted by Gasteiger charge is 2.28. The van der Waals surface area contributed by atoms with E-state index >= 15 is 0 Å². The average molecular weight is 476 g/mol. The lowest BCUT2D eigenvalue weighted by atomic mass is 9.90. The zero-order chi connectivity index (χ0) is 25.2. The Balaban J connectivity index is 1.85. The van der Waals surface area contributed by atoms with Gasteiger partial charge in [0, 0.05) is 33.9 Å². The third kappa shape index (κ3) is 4.03. The largest absolute Gasteiger partial charge is 0.502 e. The molecule has 176 valence electrons. The fourth-order valence-corrected chi connectivity index (χ4v) is 4.33. The molecule has 0 radical (unpaired) electrons. The van der Waals surface area contributed by atoms with Gasteiger partial charge in [0.2, 0.25) is 0 Å². The average Bonchev–Trinajstić information content (AvgIpc) is 3.26. The number of carbonyl (C=O) groups excluding carboxylic acids is 1. The van der Waals surface area contributed by atoms with E-state index in [9.17, 15) is 20.0 Å². The van der Waals surface area contributed by atoms with Crippen molar-refractivity contribution in [2.24, 2.45) is 0 Å². The van der Waals surface area contributed by atoms with E-state index in [-0.39, 0.29) is 11.3 Å². The molecule has 0 fully saturated rings. The monoisotopic (exact) mass is 475 g/mol. The van der Waals surface area contributed by atoms with Gasteiger partial charge in [-0.2, -0.15) is 5.10 Å². The van der Waals surface area contributed by atoms with Crippen LogP contribution in [-0.2, 0) is 0 Å². The van der Waals surface area contributed by atoms with Gasteiger partial charge in [0.1, 0.15) is 0 Å². The van der Waals surface area contributed by atoms with Crippen molar-refractivity contribution in [1.82, 2.24) is 9.78 Å². The van der Waals surface area contributed by atoms with Gasteiger partial charge in [-0.05, 0) is 25.1 Å². The molecule has 0 amide bonds. The lowest BCUT2D eigenvalue weighted by molar-refractivity contribution is -0.385. The third-order valence-corrected chi connectivity index (χ3v) is 5.97. The minimum absolute atomic E-state index is 0.110. The second-order valence-electron chi connectivity index (χ2n) is 8.26. The van der Waals surface area contributed by atoms with Crippen LogP contribution in [0.1, 0.15) is 21.6 Å². The van der Waals surface area contributed by atoms with Gasteiger partial charge in [0.05, 0.1) is 22.0 Å². The van der Waals surface area contributed by atoms with E-state index in [2.05, 4.69) is 0 Å². The van der Waals surface area contributed by atoms with E-state index in [0.29, 0.717) is 28.1 Å². The van der Waals surface area contributed by atoms with E-state index < -0.39 is 16.4 Å². The zero-order valence-corrected chi connectivity index (χ0v) is 19.3. The third-order valence-electron chi connectivity index (χ3n) is 5.97. The van der Waals surface area contributed by atoms with Crippen LogP contribution in [0.4, 0.5) is 5.69 Å². The summed E-state index contributed by atoms with van der Waals surface area (Å²) in [5, 5.41) is 27.0. The molecule has 0 spiro atoms. The fraction of sp³-hybridized carbons (Fsp3) is 0.0345. The van der Waals surface area contributed by atoms with E-state index in [0.717, 1.165) is 17.3 Å². The molecule has 1 N–H and O–H groups in total. The van der Waals surface area contributed by atoms with Crippen LogP contribution in [0.5, 0.6) is 5.75 Å². The number of aromatic nitrogens is 2. The Morgan fingerprint density at radius 2 is 1.47 bits per heavy atom. The molecule has 0 saturated carbocycles. The van der Waals surface area contributed by atoms with Gasteiger partial charge in [0.15, 0.2) is 11.5 Å². The number of carbonyl (C=O) groups is 1. The molecule has 1 aromatic heterocycles. The normalized spacial score (nSPS) is 10.8. The Hall–Kier alpha value is -5.04. The first-order chi connectivity index (χ1) is 17.5. The summed E-state index contributed by atoms with van der Waals surface area (Å²) in [6.45, 7) is 1.82. The summed E-state index contributed by atoms with van der Waals surface area (Å²) in [5.41, 5.74) is 3.89. The molecule has 7 nitrogen and oxygen atoms in total. The highest BCUT2D eigenvalue weighted by atomic mass is 16.6. The number of nitrogens with zero attached hydrogens (tertiary/aromatic N) is 3. The molecule has 36 heavy (non-hydrogen) atoms. The van der Waals surface area contributed by atoms with Gasteiger partial charge in [-0.1, -0.05) is 78.9 Å². The summed E-state index contributed by atoms with van der Waals surface area (Å²) in [5.74, 6) is -0.912. The van der Waals surface area contributed by atoms with Gasteiger partial charge < -0.3 is 5.11 Å². The maximum absolute atomic E-state index is 13.6. The minimum Gasteiger partial charge on any atom is -0.502 e. The van der Waals surface area contributed by atoms with Gasteiger partial charge in [0.25, 0.3) is 0 Å². The predicted octanol–water partition coefficient (Wildman–Crippen LogP) is 6.36. The van der Waals surface area contributed by atoms with Crippen LogP contribution in [0.3, 0.4) is 0 Å². The number of nitro groups is 1. The number of rotatable bonds is 6. The Bertz CT molecular complexity index is 1580. The number of para-hydroxylation sites is 1. The van der Waals surface area contributed by atoms with Gasteiger partial charge in [-0.25, -0.2) is 4.68 Å². The number of phenolic OH excluding ortho intramolecular Hbond substituents is 1. The van der Waals surface area contributed by atoms with Crippen LogP contribution >= 0.6 is 0 Å². The van der Waals surface area contributed by atoms with Crippen LogP contribution in [0.15, 0.2) is 103 Å². The van der Waals surface area contributed by atoms with Crippen LogP contribution in [0, 0.1) is 17.0 Å². The molecule has 0 atom stereocenters. The summed E-state index contributed by atoms with van der Waals surface area (Å²) in [6, 6.07) is 30.1. The summed E-state index contributed by atoms with van der Waals surface area (Å²) in [7, 11) is 0. The van der Waals surface area contributed by atoms with Crippen LogP contribution < -0.4 is 0 Å². The molecule has 1 heterocycles. The molecule has 5 rings (SSSR count). The van der Waals surface area contributed by atoms with Crippen LogP contribution in [-0.4, -0.2) is 25.6 Å². The Morgan fingerprint density at radius 3 is 2.08 bits per heavy atom. The van der Waals surface area contributed by atoms with E-state index in [4.69, 9.17) is 5.10 Å². The standard InChI is InChI=1S/C29H21N3O4/c1-19-27(28(20-11-5-2-6-12-20)31(30-19)22-15-9-4-10-16-22)23-18-26(33)25(32(35)36)17-24(23)29(34)21-13-7-3-8-14-21/h2-18,33H,1H3. The van der Waals surface area contributed by atoms with E-state index in [1.807, 2.05) is 67.6 Å². The Morgan fingerprint density at radius 1 is 0.889 bits per heavy atom. The van der Waals surface area contributed by atoms with Gasteiger partial charge >= 0.3 is 5.69 Å². The van der Waals surface area contributed by atoms with Crippen LogP contribution in [0.2, 0.25) is 0 Å². The first-order valence-electron chi connectivity index (χ1n) is 11.3. The molecule has 0 aliphatic heterocycles. The molecular formula is C29H21N3O4. The molecule has 0 unspecified atom stereocenters. The second-order valence-corrected chi connectivity index (χ2v) is 8.26. The summed E-state index contributed by atoms with van der Waals surface area (Å²) < 4.78 is 1.79. The molecule has 0 saturated heterocycles. The number of benzene rings is 4. The predicted molar refractivity (Wildman–Crippen MR) is 137 cm³/mol. The van der Waals surface area contributed by atoms with Crippen molar-refractivity contribution >= 4 is 11.5 Å². The smallest absolute Gasteiger partial charge is 0.311 e. The number of aryl methyl sites for hydroxylation is 1. The summed E-state index contributed by atoms with van der Waals surface area (Å²) >= 11 is 0. The molecule has 0 bridgehead atoms. The summed E-state index contributed by atoms with van der Waals surface area (Å²) in [6.07, 6.45) is 0. The van der Waals surface area contributed by atoms with Crippen molar-refractivity contribution in [2.75, 3.05) is 0 Å². The van der Waals surface area contributed by atoms with Crippen LogP contribution in [0.25, 0.3) is 28.1 Å². The Labute approximate surface area is 207 Å². The number of nitro benzene ring substituents is 1. The first kappa shape index (κ1) is 22.7. The molecule has 7 heteroatoms. The lowest BCUT2D eigenvalue weighted by Gasteiger charge is -2.14. The number of phenols is 1. The van der Waals surface area contributed by atoms with E-state index in [1.54, 1.807) is 35.0 Å². The summed E-state index contributed by atoms with van der Waals surface area (Å²) in [4.78, 5) is 24.6. The molecule has 0 aliphatic carbocycles. The van der Waals surface area contributed by atoms with Crippen molar-refractivity contribution in [2.45, 2.75) is 6.92 Å². The molecule has 5 aromatic rings. The molecule has 4 aromatic carbocycles. The van der Waals surface area contributed by atoms with Gasteiger partial charge in [-0.3, -0.25) is 14.9 Å². The van der Waals surface area contributed by atoms with Crippen molar-refractivity contribution in [3.8, 4) is 33.8 Å². The number of hydrogen-bond acceptors (Lipinski definition) is 5. The molecule has 0 aliphatic rings. The second kappa shape index (κ2) is 9.31. The number of aromatic hydroxyl groups is 1. The van der Waals surface area contributed by atoms with Crippen molar-refractivity contribution < 1.29 is 14.8 Å². The fourth-order valence-electron chi connectivity index (χ4n) is 4.33. The highest BCUT2D eigenvalue weighted by Crippen LogP contribution is 2.42. The van der Waals surface area contributed by atoms with Gasteiger partial charge in [-0.15, -0.1) is 0 Å². The topological polar surface area (TPSA) is 98.3 Å². The minimum atomic E-state index is -0.695. The SMILES string of the molecule is Cc1nn(-c2ccccc2)c(-c2ccccc2)c1-c1cc(O)c([N+](=O)[O-])cc1C(=O)c1ccccc1. The zero-order valence-electron chi connectivity index (χ0n) is 19.3. The van der Waals surface area contributed by atoms with Crippen molar-refractivity contribution in [1.29, 1.82) is 0 Å². The highest BCUT2D eigenvalue weighted by molar-refractivity contribution is 6.14.